The van der Waals surface area contributed by atoms with Gasteiger partial charge in [0.25, 0.3) is 0 Å². The van der Waals surface area contributed by atoms with Crippen LogP contribution in [0.25, 0.3) is 0 Å². The van der Waals surface area contributed by atoms with Crippen LogP contribution in [0, 0.1) is 28.1 Å². The predicted molar refractivity (Wildman–Crippen MR) is 56.4 cm³/mol. The molecule has 0 bridgehead atoms. The molecule has 0 aromatic heterocycles. The van der Waals surface area contributed by atoms with Crippen LogP contribution in [-0.2, 0) is 0 Å². The van der Waals surface area contributed by atoms with E-state index in [1.807, 2.05) is 13.8 Å². The highest BCUT2D eigenvalue weighted by molar-refractivity contribution is 4.92. The summed E-state index contributed by atoms with van der Waals surface area (Å²) in [6, 6.07) is 4.42. The summed E-state index contributed by atoms with van der Waals surface area (Å²) in [6.07, 6.45) is 1.87. The Kier molecular flexibility index (Phi) is 5.92. The Bertz CT molecular complexity index is 232. The van der Waals surface area contributed by atoms with Gasteiger partial charge in [-0.05, 0) is 33.2 Å². The molecule has 3 nitrogen and oxygen atoms in total. The van der Waals surface area contributed by atoms with Crippen molar-refractivity contribution in [2.24, 2.45) is 5.41 Å². The number of hydrogen-bond donors (Lipinski definition) is 0. The molecule has 0 saturated heterocycles. The van der Waals surface area contributed by atoms with Crippen LogP contribution in [0.5, 0.6) is 0 Å². The summed E-state index contributed by atoms with van der Waals surface area (Å²) in [4.78, 5) is 2.10. The average Bonchev–Trinajstić information content (AvgIpc) is 2.15. The van der Waals surface area contributed by atoms with Crippen LogP contribution in [0.3, 0.4) is 0 Å². The Morgan fingerprint density at radius 2 is 1.86 bits per heavy atom. The Hall–Kier alpha value is -1.06. The molecule has 0 aromatic carbocycles. The zero-order chi connectivity index (χ0) is 11.0. The minimum Gasteiger partial charge on any atom is -0.291 e. The first-order valence-corrected chi connectivity index (χ1v) is 5.06. The van der Waals surface area contributed by atoms with Gasteiger partial charge in [-0.1, -0.05) is 6.92 Å². The summed E-state index contributed by atoms with van der Waals surface area (Å²) < 4.78 is 0. The van der Waals surface area contributed by atoms with E-state index in [0.29, 0.717) is 6.54 Å². The molecule has 0 unspecified atom stereocenters. The summed E-state index contributed by atoms with van der Waals surface area (Å²) >= 11 is 0. The van der Waals surface area contributed by atoms with E-state index in [1.165, 1.54) is 0 Å². The lowest BCUT2D eigenvalue weighted by molar-refractivity contribution is 0.266. The molecule has 0 atom stereocenters. The molecule has 0 rings (SSSR count). The molecule has 0 aliphatic rings. The quantitative estimate of drug-likeness (QED) is 0.607. The standard InChI is InChI=1S/C11H19N3/c1-4-7-14(9-6-12)8-5-11(2,3)10-13/h4-5,7-9H2,1-3H3. The number of hydrogen-bond acceptors (Lipinski definition) is 3. The lowest BCUT2D eigenvalue weighted by Gasteiger charge is -2.22. The smallest absolute Gasteiger partial charge is 0.0865 e. The van der Waals surface area contributed by atoms with Gasteiger partial charge in [-0.2, -0.15) is 10.5 Å². The molecule has 0 aromatic rings. The van der Waals surface area contributed by atoms with Crippen LogP contribution in [0.2, 0.25) is 0 Å². The lowest BCUT2D eigenvalue weighted by atomic mass is 9.91. The van der Waals surface area contributed by atoms with Gasteiger partial charge in [-0.25, -0.2) is 0 Å². The molecular formula is C11H19N3. The van der Waals surface area contributed by atoms with Gasteiger partial charge in [0, 0.05) is 6.54 Å². The Labute approximate surface area is 86.9 Å². The maximum Gasteiger partial charge on any atom is 0.0865 e. The summed E-state index contributed by atoms with van der Waals surface area (Å²) in [6.45, 7) is 8.21. The van der Waals surface area contributed by atoms with Gasteiger partial charge < -0.3 is 0 Å². The molecule has 3 heteroatoms. The van der Waals surface area contributed by atoms with Gasteiger partial charge in [-0.15, -0.1) is 0 Å². The van der Waals surface area contributed by atoms with E-state index in [-0.39, 0.29) is 5.41 Å². The highest BCUT2D eigenvalue weighted by Crippen LogP contribution is 2.18. The van der Waals surface area contributed by atoms with Crippen LogP contribution in [0.15, 0.2) is 0 Å². The normalized spacial score (nSPS) is 11.0. The maximum absolute atomic E-state index is 8.83. The third kappa shape index (κ3) is 5.56. The Morgan fingerprint density at radius 3 is 2.29 bits per heavy atom. The molecule has 0 fully saturated rings. The number of rotatable bonds is 6. The second-order valence-corrected chi connectivity index (χ2v) is 4.18. The van der Waals surface area contributed by atoms with Crippen molar-refractivity contribution in [3.05, 3.63) is 0 Å². The van der Waals surface area contributed by atoms with E-state index in [1.54, 1.807) is 0 Å². The molecule has 0 aliphatic carbocycles. The topological polar surface area (TPSA) is 50.8 Å². The van der Waals surface area contributed by atoms with Gasteiger partial charge in [0.1, 0.15) is 0 Å². The second-order valence-electron chi connectivity index (χ2n) is 4.18. The molecule has 0 amide bonds. The number of nitrogens with zero attached hydrogens (tertiary/aromatic N) is 3. The zero-order valence-electron chi connectivity index (χ0n) is 9.38. The molecule has 78 valence electrons. The molecule has 14 heavy (non-hydrogen) atoms. The first kappa shape index (κ1) is 12.9. The van der Waals surface area contributed by atoms with E-state index in [9.17, 15) is 0 Å². The average molecular weight is 193 g/mol. The van der Waals surface area contributed by atoms with Crippen LogP contribution in [0.1, 0.15) is 33.6 Å². The highest BCUT2D eigenvalue weighted by atomic mass is 15.1. The summed E-state index contributed by atoms with van der Waals surface area (Å²) in [5.41, 5.74) is -0.276. The van der Waals surface area contributed by atoms with Gasteiger partial charge in [0.05, 0.1) is 24.1 Å². The van der Waals surface area contributed by atoms with Crippen LogP contribution >= 0.6 is 0 Å². The fourth-order valence-electron chi connectivity index (χ4n) is 1.18. The Morgan fingerprint density at radius 1 is 1.21 bits per heavy atom. The van der Waals surface area contributed by atoms with Crippen molar-refractivity contribution in [2.45, 2.75) is 33.6 Å². The SMILES string of the molecule is CCCN(CC#N)CCC(C)(C)C#N. The third-order valence-corrected chi connectivity index (χ3v) is 2.19. The van der Waals surface area contributed by atoms with Crippen molar-refractivity contribution < 1.29 is 0 Å². The first-order valence-electron chi connectivity index (χ1n) is 5.06. The van der Waals surface area contributed by atoms with E-state index in [2.05, 4.69) is 24.0 Å². The van der Waals surface area contributed by atoms with Gasteiger partial charge in [0.2, 0.25) is 0 Å². The molecule has 0 aliphatic heterocycles. The number of nitriles is 2. The molecule has 0 N–H and O–H groups in total. The summed E-state index contributed by atoms with van der Waals surface area (Å²) in [5.74, 6) is 0. The van der Waals surface area contributed by atoms with E-state index < -0.39 is 0 Å². The van der Waals surface area contributed by atoms with E-state index >= 15 is 0 Å². The monoisotopic (exact) mass is 193 g/mol. The zero-order valence-corrected chi connectivity index (χ0v) is 9.38. The molecular weight excluding hydrogens is 174 g/mol. The van der Waals surface area contributed by atoms with Crippen LogP contribution in [-0.4, -0.2) is 24.5 Å². The Balaban J connectivity index is 3.95. The molecule has 0 saturated carbocycles. The van der Waals surface area contributed by atoms with Gasteiger partial charge in [0.15, 0.2) is 0 Å². The highest BCUT2D eigenvalue weighted by Gasteiger charge is 2.17. The van der Waals surface area contributed by atoms with Crippen molar-refractivity contribution in [3.8, 4) is 12.1 Å². The van der Waals surface area contributed by atoms with Gasteiger partial charge in [-0.3, -0.25) is 4.90 Å². The van der Waals surface area contributed by atoms with Crippen LogP contribution < -0.4 is 0 Å². The van der Waals surface area contributed by atoms with E-state index in [4.69, 9.17) is 10.5 Å². The van der Waals surface area contributed by atoms with Crippen molar-refractivity contribution in [2.75, 3.05) is 19.6 Å². The fourth-order valence-corrected chi connectivity index (χ4v) is 1.18. The molecule has 0 spiro atoms. The van der Waals surface area contributed by atoms with E-state index in [0.717, 1.165) is 25.9 Å². The fraction of sp³-hybridized carbons (Fsp3) is 0.818. The van der Waals surface area contributed by atoms with Crippen molar-refractivity contribution in [1.29, 1.82) is 10.5 Å². The van der Waals surface area contributed by atoms with Crippen molar-refractivity contribution in [3.63, 3.8) is 0 Å². The summed E-state index contributed by atoms with van der Waals surface area (Å²) in [7, 11) is 0. The third-order valence-electron chi connectivity index (χ3n) is 2.19. The minimum atomic E-state index is -0.276. The second kappa shape index (κ2) is 6.40. The minimum absolute atomic E-state index is 0.276. The van der Waals surface area contributed by atoms with Crippen molar-refractivity contribution >= 4 is 0 Å². The predicted octanol–water partition coefficient (Wildman–Crippen LogP) is 2.16. The summed E-state index contributed by atoms with van der Waals surface area (Å²) in [5, 5.41) is 17.4. The molecule has 0 heterocycles. The maximum atomic E-state index is 8.83. The first-order chi connectivity index (χ1) is 6.55. The van der Waals surface area contributed by atoms with Crippen molar-refractivity contribution in [1.82, 2.24) is 4.90 Å². The van der Waals surface area contributed by atoms with Crippen LogP contribution in [0.4, 0.5) is 0 Å². The lowest BCUT2D eigenvalue weighted by Crippen LogP contribution is -2.29. The largest absolute Gasteiger partial charge is 0.291 e. The van der Waals surface area contributed by atoms with Gasteiger partial charge >= 0.3 is 0 Å². The molecule has 0 radical (unpaired) electrons.